The van der Waals surface area contributed by atoms with Crippen LogP contribution in [0.5, 0.6) is 0 Å². The summed E-state index contributed by atoms with van der Waals surface area (Å²) in [4.78, 5) is 25.2. The first-order valence-corrected chi connectivity index (χ1v) is 5.96. The van der Waals surface area contributed by atoms with Crippen LogP contribution >= 0.6 is 0 Å². The fourth-order valence-electron chi connectivity index (χ4n) is 2.17. The maximum absolute atomic E-state index is 12.1. The summed E-state index contributed by atoms with van der Waals surface area (Å²) >= 11 is 0. The van der Waals surface area contributed by atoms with Gasteiger partial charge in [0.05, 0.1) is 6.33 Å². The summed E-state index contributed by atoms with van der Waals surface area (Å²) in [7, 11) is 0. The van der Waals surface area contributed by atoms with Gasteiger partial charge in [0.2, 0.25) is 0 Å². The molecule has 1 amide bonds. The molecule has 2 aromatic rings. The molecule has 0 unspecified atom stereocenters. The number of nitrogens with zero attached hydrogens (tertiary/aromatic N) is 3. The largest absolute Gasteiger partial charge is 0.348 e. The molecule has 2 aromatic heterocycles. The van der Waals surface area contributed by atoms with E-state index in [0.29, 0.717) is 11.6 Å². The standard InChI is InChI=1S/C13H14N4O/c1-9-12(16-8-15-9)13(18)17-6-10(7-17)11-4-2-3-5-14-11/h2-5,8,10H,6-7H2,1H3,(H,15,16). The van der Waals surface area contributed by atoms with Gasteiger partial charge in [-0.1, -0.05) is 6.07 Å². The van der Waals surface area contributed by atoms with Crippen LogP contribution in [0.1, 0.15) is 27.8 Å². The second kappa shape index (κ2) is 4.25. The number of aryl methyl sites for hydroxylation is 1. The Bertz CT molecular complexity index is 557. The van der Waals surface area contributed by atoms with Crippen LogP contribution in [0, 0.1) is 6.92 Å². The average Bonchev–Trinajstić information content (AvgIpc) is 2.75. The van der Waals surface area contributed by atoms with E-state index in [-0.39, 0.29) is 5.91 Å². The predicted octanol–water partition coefficient (Wildman–Crippen LogP) is 1.35. The summed E-state index contributed by atoms with van der Waals surface area (Å²) in [6, 6.07) is 5.88. The zero-order chi connectivity index (χ0) is 12.5. The molecule has 1 aliphatic rings. The van der Waals surface area contributed by atoms with Crippen LogP contribution in [0.2, 0.25) is 0 Å². The first kappa shape index (κ1) is 11.0. The highest BCUT2D eigenvalue weighted by atomic mass is 16.2. The van der Waals surface area contributed by atoms with E-state index in [0.717, 1.165) is 24.5 Å². The summed E-state index contributed by atoms with van der Waals surface area (Å²) in [6.07, 6.45) is 3.34. The van der Waals surface area contributed by atoms with Crippen molar-refractivity contribution in [3.63, 3.8) is 0 Å². The normalized spacial score (nSPS) is 15.5. The highest BCUT2D eigenvalue weighted by Crippen LogP contribution is 2.26. The second-order valence-corrected chi connectivity index (χ2v) is 4.54. The molecule has 1 fully saturated rings. The van der Waals surface area contributed by atoms with Gasteiger partial charge in [-0.2, -0.15) is 0 Å². The summed E-state index contributed by atoms with van der Waals surface area (Å²) in [5.74, 6) is 0.357. The third kappa shape index (κ3) is 1.77. The number of nitrogens with one attached hydrogen (secondary N) is 1. The van der Waals surface area contributed by atoms with Crippen LogP contribution in [0.4, 0.5) is 0 Å². The molecular formula is C13H14N4O. The summed E-state index contributed by atoms with van der Waals surface area (Å²) in [5.41, 5.74) is 2.40. The van der Waals surface area contributed by atoms with Gasteiger partial charge in [0.15, 0.2) is 0 Å². The number of pyridine rings is 1. The summed E-state index contributed by atoms with van der Waals surface area (Å²) in [6.45, 7) is 3.31. The minimum Gasteiger partial charge on any atom is -0.348 e. The van der Waals surface area contributed by atoms with Crippen molar-refractivity contribution in [1.29, 1.82) is 0 Å². The lowest BCUT2D eigenvalue weighted by molar-refractivity contribution is 0.0592. The van der Waals surface area contributed by atoms with E-state index in [9.17, 15) is 4.79 Å². The smallest absolute Gasteiger partial charge is 0.274 e. The van der Waals surface area contributed by atoms with Crippen molar-refractivity contribution in [3.8, 4) is 0 Å². The molecule has 0 radical (unpaired) electrons. The third-order valence-electron chi connectivity index (χ3n) is 3.31. The zero-order valence-corrected chi connectivity index (χ0v) is 10.1. The van der Waals surface area contributed by atoms with Crippen molar-refractivity contribution < 1.29 is 4.79 Å². The van der Waals surface area contributed by atoms with Gasteiger partial charge in [-0.15, -0.1) is 0 Å². The quantitative estimate of drug-likeness (QED) is 0.864. The third-order valence-corrected chi connectivity index (χ3v) is 3.31. The van der Waals surface area contributed by atoms with Crippen LogP contribution in [0.25, 0.3) is 0 Å². The number of H-pyrrole nitrogens is 1. The fourth-order valence-corrected chi connectivity index (χ4v) is 2.17. The minimum absolute atomic E-state index is 0.000862. The topological polar surface area (TPSA) is 61.9 Å². The number of hydrogen-bond donors (Lipinski definition) is 1. The van der Waals surface area contributed by atoms with E-state index in [1.165, 1.54) is 0 Å². The maximum atomic E-state index is 12.1. The molecule has 5 heteroatoms. The number of likely N-dealkylation sites (tertiary alicyclic amines) is 1. The Morgan fingerprint density at radius 1 is 1.39 bits per heavy atom. The van der Waals surface area contributed by atoms with Crippen LogP contribution in [-0.2, 0) is 0 Å². The molecule has 92 valence electrons. The molecule has 3 rings (SSSR count). The summed E-state index contributed by atoms with van der Waals surface area (Å²) < 4.78 is 0. The van der Waals surface area contributed by atoms with Gasteiger partial charge in [-0.3, -0.25) is 9.78 Å². The van der Waals surface area contributed by atoms with Crippen molar-refractivity contribution in [1.82, 2.24) is 19.9 Å². The second-order valence-electron chi connectivity index (χ2n) is 4.54. The number of carbonyl (C=O) groups excluding carboxylic acids is 1. The van der Waals surface area contributed by atoms with Gasteiger partial charge in [-0.05, 0) is 19.1 Å². The lowest BCUT2D eigenvalue weighted by atomic mass is 9.95. The Labute approximate surface area is 105 Å². The van der Waals surface area contributed by atoms with Gasteiger partial charge in [0.1, 0.15) is 5.69 Å². The van der Waals surface area contributed by atoms with Gasteiger partial charge in [-0.25, -0.2) is 4.98 Å². The number of imidazole rings is 1. The monoisotopic (exact) mass is 242 g/mol. The first-order chi connectivity index (χ1) is 8.75. The van der Waals surface area contributed by atoms with Crippen molar-refractivity contribution in [2.75, 3.05) is 13.1 Å². The molecule has 0 aromatic carbocycles. The number of amides is 1. The first-order valence-electron chi connectivity index (χ1n) is 5.96. The predicted molar refractivity (Wildman–Crippen MR) is 66.2 cm³/mol. The Morgan fingerprint density at radius 3 is 2.83 bits per heavy atom. The highest BCUT2D eigenvalue weighted by Gasteiger charge is 2.34. The number of hydrogen-bond acceptors (Lipinski definition) is 3. The maximum Gasteiger partial charge on any atom is 0.274 e. The highest BCUT2D eigenvalue weighted by molar-refractivity contribution is 5.94. The Balaban J connectivity index is 1.66. The van der Waals surface area contributed by atoms with Crippen molar-refractivity contribution in [2.45, 2.75) is 12.8 Å². The number of rotatable bonds is 2. The van der Waals surface area contributed by atoms with Crippen molar-refractivity contribution in [3.05, 3.63) is 47.8 Å². The lowest BCUT2D eigenvalue weighted by Crippen LogP contribution is -2.49. The zero-order valence-electron chi connectivity index (χ0n) is 10.1. The molecule has 0 spiro atoms. The number of carbonyl (C=O) groups is 1. The van der Waals surface area contributed by atoms with E-state index in [2.05, 4.69) is 15.0 Å². The van der Waals surface area contributed by atoms with Crippen LogP contribution in [-0.4, -0.2) is 38.8 Å². The van der Waals surface area contributed by atoms with E-state index >= 15 is 0 Å². The molecule has 18 heavy (non-hydrogen) atoms. The molecule has 0 atom stereocenters. The SMILES string of the molecule is Cc1[nH]cnc1C(=O)N1CC(c2ccccn2)C1. The molecule has 0 aliphatic carbocycles. The van der Waals surface area contributed by atoms with E-state index in [1.807, 2.05) is 30.0 Å². The minimum atomic E-state index is 0.000862. The van der Waals surface area contributed by atoms with E-state index in [4.69, 9.17) is 0 Å². The number of aromatic nitrogens is 3. The molecule has 1 N–H and O–H groups in total. The Hall–Kier alpha value is -2.17. The van der Waals surface area contributed by atoms with Crippen LogP contribution in [0.3, 0.4) is 0 Å². The molecule has 1 saturated heterocycles. The van der Waals surface area contributed by atoms with Gasteiger partial charge in [0, 0.05) is 36.6 Å². The Kier molecular flexibility index (Phi) is 2.59. The van der Waals surface area contributed by atoms with Gasteiger partial charge in [0.25, 0.3) is 5.91 Å². The molecular weight excluding hydrogens is 228 g/mol. The van der Waals surface area contributed by atoms with E-state index in [1.54, 1.807) is 12.5 Å². The molecule has 0 bridgehead atoms. The molecule has 1 aliphatic heterocycles. The van der Waals surface area contributed by atoms with Gasteiger partial charge >= 0.3 is 0 Å². The molecule has 5 nitrogen and oxygen atoms in total. The van der Waals surface area contributed by atoms with Crippen molar-refractivity contribution in [2.24, 2.45) is 0 Å². The van der Waals surface area contributed by atoms with Gasteiger partial charge < -0.3 is 9.88 Å². The average molecular weight is 242 g/mol. The molecule has 3 heterocycles. The Morgan fingerprint density at radius 2 is 2.22 bits per heavy atom. The van der Waals surface area contributed by atoms with Crippen molar-refractivity contribution >= 4 is 5.91 Å². The molecule has 0 saturated carbocycles. The lowest BCUT2D eigenvalue weighted by Gasteiger charge is -2.38. The number of aromatic amines is 1. The van der Waals surface area contributed by atoms with Crippen LogP contribution in [0.15, 0.2) is 30.7 Å². The summed E-state index contributed by atoms with van der Waals surface area (Å²) in [5, 5.41) is 0. The van der Waals surface area contributed by atoms with E-state index < -0.39 is 0 Å². The fraction of sp³-hybridized carbons (Fsp3) is 0.308. The van der Waals surface area contributed by atoms with Crippen LogP contribution < -0.4 is 0 Å².